The number of anilines is 2. The summed E-state index contributed by atoms with van der Waals surface area (Å²) in [4.78, 5) is 39.3. The highest BCUT2D eigenvalue weighted by atomic mass is 32.1. The smallest absolute Gasteiger partial charge is 0.339 e. The van der Waals surface area contributed by atoms with E-state index in [9.17, 15) is 9.59 Å². The lowest BCUT2D eigenvalue weighted by molar-refractivity contribution is -0.113. The van der Waals surface area contributed by atoms with Crippen molar-refractivity contribution in [2.24, 2.45) is 0 Å². The number of nitrogens with zero attached hydrogens (tertiary/aromatic N) is 6. The van der Waals surface area contributed by atoms with Gasteiger partial charge in [0.25, 0.3) is 0 Å². The minimum atomic E-state index is -0.381. The zero-order valence-corrected chi connectivity index (χ0v) is 26.0. The summed E-state index contributed by atoms with van der Waals surface area (Å²) in [5.41, 5.74) is 8.36. The number of benzene rings is 3. The van der Waals surface area contributed by atoms with Crippen LogP contribution >= 0.6 is 13.5 Å². The lowest BCUT2D eigenvalue weighted by Gasteiger charge is -2.21. The van der Waals surface area contributed by atoms with Gasteiger partial charge >= 0.3 is 5.69 Å². The standard InChI is InChI=1S/C33H33N7O4.H2S/c1-37(26-17-19-43-21-26)18-7-12-29(41)38(2)24-8-6-9-25(20-24)40-32-30(31(34)35-22-36-32)39(33(40)42)23-13-15-28(16-14-23)44-27-10-4-3-5-11-27;/h3-16,20,22,26H,17-19,21H2,1-2H3,(H2,34,35,36);1H2/b12-7+;/t26-;/m0./s1. The van der Waals surface area contributed by atoms with Crippen LogP contribution in [0.4, 0.5) is 11.5 Å². The Kier molecular flexibility index (Phi) is 9.67. The first-order chi connectivity index (χ1) is 21.4. The third kappa shape index (κ3) is 6.63. The largest absolute Gasteiger partial charge is 0.457 e. The van der Waals surface area contributed by atoms with E-state index >= 15 is 0 Å². The van der Waals surface area contributed by atoms with E-state index in [0.29, 0.717) is 58.9 Å². The number of rotatable bonds is 9. The summed E-state index contributed by atoms with van der Waals surface area (Å²) in [6.45, 7) is 2.13. The molecule has 45 heavy (non-hydrogen) atoms. The first-order valence-electron chi connectivity index (χ1n) is 14.3. The van der Waals surface area contributed by atoms with Crippen LogP contribution in [-0.2, 0) is 9.53 Å². The maximum Gasteiger partial charge on any atom is 0.339 e. The van der Waals surface area contributed by atoms with E-state index in [1.54, 1.807) is 55.6 Å². The third-order valence-corrected chi connectivity index (χ3v) is 7.71. The molecule has 2 aromatic heterocycles. The number of nitrogens with two attached hydrogens (primary N) is 1. The van der Waals surface area contributed by atoms with Crippen molar-refractivity contribution in [2.75, 3.05) is 44.5 Å². The number of nitrogen functional groups attached to an aromatic ring is 1. The van der Waals surface area contributed by atoms with E-state index in [-0.39, 0.29) is 30.9 Å². The van der Waals surface area contributed by atoms with E-state index < -0.39 is 0 Å². The molecule has 3 heterocycles. The maximum absolute atomic E-state index is 14.0. The van der Waals surface area contributed by atoms with Gasteiger partial charge in [0, 0.05) is 38.0 Å². The van der Waals surface area contributed by atoms with E-state index in [1.807, 2.05) is 49.5 Å². The van der Waals surface area contributed by atoms with Crippen LogP contribution in [0.15, 0.2) is 102 Å². The zero-order valence-electron chi connectivity index (χ0n) is 25.0. The molecule has 0 spiro atoms. The van der Waals surface area contributed by atoms with Gasteiger partial charge in [0.15, 0.2) is 11.5 Å². The van der Waals surface area contributed by atoms with Crippen molar-refractivity contribution in [1.29, 1.82) is 0 Å². The fourth-order valence-electron chi connectivity index (χ4n) is 5.23. The molecule has 11 nitrogen and oxygen atoms in total. The van der Waals surface area contributed by atoms with Crippen LogP contribution in [0.3, 0.4) is 0 Å². The molecule has 5 aromatic rings. The number of amides is 1. The van der Waals surface area contributed by atoms with Gasteiger partial charge in [-0.05, 0) is 68.1 Å². The van der Waals surface area contributed by atoms with Crippen LogP contribution < -0.4 is 21.1 Å². The van der Waals surface area contributed by atoms with Crippen LogP contribution in [0.2, 0.25) is 0 Å². The van der Waals surface area contributed by atoms with Gasteiger partial charge in [-0.25, -0.2) is 19.3 Å². The summed E-state index contributed by atoms with van der Waals surface area (Å²) >= 11 is 0. The van der Waals surface area contributed by atoms with Crippen molar-refractivity contribution in [3.05, 3.63) is 108 Å². The predicted molar refractivity (Wildman–Crippen MR) is 180 cm³/mol. The second kappa shape index (κ2) is 13.8. The molecule has 1 saturated heterocycles. The molecule has 1 amide bonds. The monoisotopic (exact) mass is 625 g/mol. The molecule has 232 valence electrons. The summed E-state index contributed by atoms with van der Waals surface area (Å²) in [5, 5.41) is 0. The molecule has 0 unspecified atom stereocenters. The Hall–Kier alpha value is -4.91. The number of hydrogen-bond acceptors (Lipinski definition) is 8. The number of hydrogen-bond donors (Lipinski definition) is 1. The van der Waals surface area contributed by atoms with Gasteiger partial charge in [-0.3, -0.25) is 14.3 Å². The zero-order chi connectivity index (χ0) is 30.6. The molecule has 0 bridgehead atoms. The molecule has 1 aliphatic heterocycles. The lowest BCUT2D eigenvalue weighted by Crippen LogP contribution is -2.32. The van der Waals surface area contributed by atoms with Crippen LogP contribution in [0.25, 0.3) is 22.5 Å². The van der Waals surface area contributed by atoms with Crippen molar-refractivity contribution in [2.45, 2.75) is 12.5 Å². The van der Waals surface area contributed by atoms with E-state index in [0.717, 1.165) is 13.0 Å². The van der Waals surface area contributed by atoms with Gasteiger partial charge in [-0.15, -0.1) is 0 Å². The number of fused-ring (bicyclic) bond motifs is 1. The molecule has 6 rings (SSSR count). The van der Waals surface area contributed by atoms with Gasteiger partial charge in [0.2, 0.25) is 5.91 Å². The molecule has 12 heteroatoms. The number of likely N-dealkylation sites (N-methyl/N-ethyl adjacent to an activating group) is 2. The summed E-state index contributed by atoms with van der Waals surface area (Å²) in [7, 11) is 3.73. The fourth-order valence-corrected chi connectivity index (χ4v) is 5.23. The second-order valence-electron chi connectivity index (χ2n) is 10.6. The summed E-state index contributed by atoms with van der Waals surface area (Å²) in [6.07, 6.45) is 5.74. The number of ether oxygens (including phenoxy) is 2. The van der Waals surface area contributed by atoms with E-state index in [4.69, 9.17) is 15.2 Å². The molecule has 0 saturated carbocycles. The van der Waals surface area contributed by atoms with Gasteiger partial charge in [0.05, 0.1) is 18.0 Å². The Morgan fingerprint density at radius 1 is 1.00 bits per heavy atom. The van der Waals surface area contributed by atoms with Crippen LogP contribution in [0.1, 0.15) is 6.42 Å². The van der Waals surface area contributed by atoms with E-state index in [1.165, 1.54) is 20.4 Å². The molecular weight excluding hydrogens is 590 g/mol. The highest BCUT2D eigenvalue weighted by Crippen LogP contribution is 2.27. The van der Waals surface area contributed by atoms with Crippen molar-refractivity contribution >= 4 is 42.1 Å². The van der Waals surface area contributed by atoms with Gasteiger partial charge in [0.1, 0.15) is 23.3 Å². The molecule has 0 aliphatic carbocycles. The highest BCUT2D eigenvalue weighted by Gasteiger charge is 2.22. The number of imidazole rings is 1. The summed E-state index contributed by atoms with van der Waals surface area (Å²) in [6, 6.07) is 24.1. The Morgan fingerprint density at radius 3 is 2.49 bits per heavy atom. The molecule has 1 fully saturated rings. The Balaban J connectivity index is 0.00000400. The van der Waals surface area contributed by atoms with Crippen molar-refractivity contribution < 1.29 is 14.3 Å². The number of aromatic nitrogens is 4. The van der Waals surface area contributed by atoms with Gasteiger partial charge < -0.3 is 20.1 Å². The predicted octanol–water partition coefficient (Wildman–Crippen LogP) is 4.30. The minimum Gasteiger partial charge on any atom is -0.457 e. The first-order valence-corrected chi connectivity index (χ1v) is 14.3. The quantitative estimate of drug-likeness (QED) is 0.241. The van der Waals surface area contributed by atoms with Crippen molar-refractivity contribution in [3.63, 3.8) is 0 Å². The van der Waals surface area contributed by atoms with Crippen molar-refractivity contribution in [1.82, 2.24) is 24.0 Å². The number of para-hydroxylation sites is 1. The first kappa shape index (κ1) is 31.5. The van der Waals surface area contributed by atoms with Crippen LogP contribution in [0, 0.1) is 0 Å². The Bertz CT molecular complexity index is 1870. The van der Waals surface area contributed by atoms with E-state index in [2.05, 4.69) is 14.9 Å². The number of carbonyl (C=O) groups excluding carboxylic acids is 1. The maximum atomic E-state index is 14.0. The molecule has 2 N–H and O–H groups in total. The second-order valence-corrected chi connectivity index (χ2v) is 10.6. The number of carbonyl (C=O) groups is 1. The third-order valence-electron chi connectivity index (χ3n) is 7.71. The lowest BCUT2D eigenvalue weighted by atomic mass is 10.2. The molecule has 3 aromatic carbocycles. The molecule has 0 radical (unpaired) electrons. The minimum absolute atomic E-state index is 0. The van der Waals surface area contributed by atoms with Crippen molar-refractivity contribution in [3.8, 4) is 22.9 Å². The highest BCUT2D eigenvalue weighted by molar-refractivity contribution is 7.59. The SMILES string of the molecule is CN(C(=O)/C=C/CN(C)[C@H]1CCOC1)c1cccc(-n2c(=O)n(-c3ccc(Oc4ccccc4)cc3)c3c(N)ncnc32)c1.S. The van der Waals surface area contributed by atoms with Gasteiger partial charge in [-0.2, -0.15) is 13.5 Å². The topological polar surface area (TPSA) is 121 Å². The fraction of sp³-hybridized carbons (Fsp3) is 0.212. The molecule has 1 atom stereocenters. The van der Waals surface area contributed by atoms with Gasteiger partial charge in [-0.1, -0.05) is 30.3 Å². The average Bonchev–Trinajstić information content (AvgIpc) is 3.69. The molecular formula is C33H35N7O4S. The van der Waals surface area contributed by atoms with Crippen LogP contribution in [-0.4, -0.2) is 69.8 Å². The Labute approximate surface area is 267 Å². The summed E-state index contributed by atoms with van der Waals surface area (Å²) in [5.74, 6) is 1.31. The average molecular weight is 626 g/mol. The summed E-state index contributed by atoms with van der Waals surface area (Å²) < 4.78 is 14.3. The van der Waals surface area contributed by atoms with Crippen LogP contribution in [0.5, 0.6) is 11.5 Å². The molecule has 1 aliphatic rings. The normalized spacial score (nSPS) is 14.6. The Morgan fingerprint density at radius 2 is 1.76 bits per heavy atom.